The van der Waals surface area contributed by atoms with Crippen molar-refractivity contribution in [2.75, 3.05) is 19.6 Å². The van der Waals surface area contributed by atoms with E-state index >= 15 is 0 Å². The molecule has 112 valence electrons. The van der Waals surface area contributed by atoms with Gasteiger partial charge in [-0.15, -0.1) is 0 Å². The predicted molar refractivity (Wildman–Crippen MR) is 81.3 cm³/mol. The summed E-state index contributed by atoms with van der Waals surface area (Å²) in [5.74, 6) is 0. The third-order valence-electron chi connectivity index (χ3n) is 4.01. The van der Waals surface area contributed by atoms with Gasteiger partial charge in [-0.25, -0.2) is 13.1 Å². The number of aryl methyl sites for hydroxylation is 2. The van der Waals surface area contributed by atoms with Crippen molar-refractivity contribution in [2.45, 2.75) is 38.5 Å². The first-order valence-electron chi connectivity index (χ1n) is 7.09. The normalized spacial score (nSPS) is 18.9. The molecule has 2 rings (SSSR count). The van der Waals surface area contributed by atoms with Crippen LogP contribution in [-0.2, 0) is 10.0 Å². The van der Waals surface area contributed by atoms with Crippen molar-refractivity contribution in [1.29, 1.82) is 0 Å². The number of piperidine rings is 1. The molecule has 1 aromatic carbocycles. The van der Waals surface area contributed by atoms with Crippen LogP contribution in [0, 0.1) is 19.3 Å². The lowest BCUT2D eigenvalue weighted by molar-refractivity contribution is 0.232. The first kappa shape index (κ1) is 15.5. The summed E-state index contributed by atoms with van der Waals surface area (Å²) in [7, 11) is -3.41. The Hall–Kier alpha value is -0.910. The van der Waals surface area contributed by atoms with Gasteiger partial charge in [0.15, 0.2) is 0 Å². The lowest BCUT2D eigenvalue weighted by Gasteiger charge is -2.34. The number of hydrogen-bond acceptors (Lipinski definition) is 3. The molecule has 2 N–H and O–H groups in total. The molecule has 0 aliphatic carbocycles. The molecule has 0 aromatic heterocycles. The van der Waals surface area contributed by atoms with E-state index in [4.69, 9.17) is 0 Å². The molecule has 0 atom stereocenters. The molecule has 20 heavy (non-hydrogen) atoms. The molecule has 1 fully saturated rings. The molecule has 1 aliphatic rings. The Bertz CT molecular complexity index is 555. The van der Waals surface area contributed by atoms with Gasteiger partial charge in [-0.3, -0.25) is 0 Å². The molecular formula is C15H24N2O2S. The molecule has 1 aromatic rings. The van der Waals surface area contributed by atoms with E-state index < -0.39 is 10.0 Å². The van der Waals surface area contributed by atoms with E-state index in [1.165, 1.54) is 0 Å². The van der Waals surface area contributed by atoms with E-state index in [2.05, 4.69) is 17.0 Å². The Morgan fingerprint density at radius 2 is 1.70 bits per heavy atom. The van der Waals surface area contributed by atoms with Gasteiger partial charge in [0.2, 0.25) is 10.0 Å². The zero-order chi connectivity index (χ0) is 14.8. The predicted octanol–water partition coefficient (Wildman–Crippen LogP) is 1.97. The van der Waals surface area contributed by atoms with Crippen LogP contribution in [0.4, 0.5) is 0 Å². The Morgan fingerprint density at radius 3 is 2.25 bits per heavy atom. The van der Waals surface area contributed by atoms with Gasteiger partial charge in [-0.2, -0.15) is 0 Å². The summed E-state index contributed by atoms with van der Waals surface area (Å²) >= 11 is 0. The molecule has 1 saturated heterocycles. The monoisotopic (exact) mass is 296 g/mol. The summed E-state index contributed by atoms with van der Waals surface area (Å²) in [5.41, 5.74) is 1.99. The summed E-state index contributed by atoms with van der Waals surface area (Å²) in [6.07, 6.45) is 2.00. The van der Waals surface area contributed by atoms with Crippen LogP contribution in [0.3, 0.4) is 0 Å². The molecule has 1 aliphatic heterocycles. The fourth-order valence-corrected chi connectivity index (χ4v) is 4.03. The largest absolute Gasteiger partial charge is 0.317 e. The van der Waals surface area contributed by atoms with Gasteiger partial charge in [0.25, 0.3) is 0 Å². The van der Waals surface area contributed by atoms with E-state index in [9.17, 15) is 8.42 Å². The Labute approximate surface area is 122 Å². The second-order valence-electron chi connectivity index (χ2n) is 6.21. The van der Waals surface area contributed by atoms with Crippen LogP contribution in [0.1, 0.15) is 30.9 Å². The Morgan fingerprint density at radius 1 is 1.15 bits per heavy atom. The first-order chi connectivity index (χ1) is 9.31. The van der Waals surface area contributed by atoms with Crippen molar-refractivity contribution in [3.63, 3.8) is 0 Å². The summed E-state index contributed by atoms with van der Waals surface area (Å²) in [6.45, 7) is 8.41. The number of sulfonamides is 1. The summed E-state index contributed by atoms with van der Waals surface area (Å²) in [6, 6.07) is 5.42. The first-order valence-corrected chi connectivity index (χ1v) is 8.58. The maximum absolute atomic E-state index is 12.4. The van der Waals surface area contributed by atoms with Gasteiger partial charge in [0, 0.05) is 6.54 Å². The molecule has 0 bridgehead atoms. The SMILES string of the molecule is Cc1cc(C)cc(S(=O)(=O)NCC2(C)CCNCC2)c1. The van der Waals surface area contributed by atoms with Gasteiger partial charge in [0.05, 0.1) is 4.90 Å². The van der Waals surface area contributed by atoms with Gasteiger partial charge in [0.1, 0.15) is 0 Å². The number of hydrogen-bond donors (Lipinski definition) is 2. The maximum Gasteiger partial charge on any atom is 0.240 e. The van der Waals surface area contributed by atoms with Crippen molar-refractivity contribution in [3.8, 4) is 0 Å². The van der Waals surface area contributed by atoms with Crippen molar-refractivity contribution in [3.05, 3.63) is 29.3 Å². The smallest absolute Gasteiger partial charge is 0.240 e. The van der Waals surface area contributed by atoms with E-state index in [-0.39, 0.29) is 5.41 Å². The average Bonchev–Trinajstić information content (AvgIpc) is 2.37. The highest BCUT2D eigenvalue weighted by Gasteiger charge is 2.28. The van der Waals surface area contributed by atoms with Crippen molar-refractivity contribution >= 4 is 10.0 Å². The second kappa shape index (κ2) is 5.84. The van der Waals surface area contributed by atoms with Gasteiger partial charge in [-0.1, -0.05) is 13.0 Å². The lowest BCUT2D eigenvalue weighted by Crippen LogP contribution is -2.42. The summed E-state index contributed by atoms with van der Waals surface area (Å²) in [5, 5.41) is 3.31. The number of rotatable bonds is 4. The molecule has 0 unspecified atom stereocenters. The fraction of sp³-hybridized carbons (Fsp3) is 0.600. The zero-order valence-electron chi connectivity index (χ0n) is 12.5. The quantitative estimate of drug-likeness (QED) is 0.893. The molecular weight excluding hydrogens is 272 g/mol. The average molecular weight is 296 g/mol. The van der Waals surface area contributed by atoms with E-state index in [1.807, 2.05) is 19.9 Å². The molecule has 0 spiro atoms. The van der Waals surface area contributed by atoms with E-state index in [1.54, 1.807) is 12.1 Å². The van der Waals surface area contributed by atoms with Crippen LogP contribution in [0.15, 0.2) is 23.1 Å². The summed E-state index contributed by atoms with van der Waals surface area (Å²) < 4.78 is 27.6. The minimum atomic E-state index is -3.41. The van der Waals surface area contributed by atoms with Crippen molar-refractivity contribution < 1.29 is 8.42 Å². The topological polar surface area (TPSA) is 58.2 Å². The lowest BCUT2D eigenvalue weighted by atomic mass is 9.81. The molecule has 4 nitrogen and oxygen atoms in total. The van der Waals surface area contributed by atoms with Gasteiger partial charge < -0.3 is 5.32 Å². The van der Waals surface area contributed by atoms with Crippen LogP contribution in [0.25, 0.3) is 0 Å². The van der Waals surface area contributed by atoms with E-state index in [0.717, 1.165) is 37.1 Å². The second-order valence-corrected chi connectivity index (χ2v) is 7.98. The number of benzene rings is 1. The van der Waals surface area contributed by atoms with Gasteiger partial charge in [-0.05, 0) is 68.5 Å². The van der Waals surface area contributed by atoms with Crippen LogP contribution < -0.4 is 10.0 Å². The van der Waals surface area contributed by atoms with Crippen molar-refractivity contribution in [2.24, 2.45) is 5.41 Å². The van der Waals surface area contributed by atoms with Crippen molar-refractivity contribution in [1.82, 2.24) is 10.0 Å². The standard InChI is InChI=1S/C15H24N2O2S/c1-12-8-13(2)10-14(9-12)20(18,19)17-11-15(3)4-6-16-7-5-15/h8-10,16-17H,4-7,11H2,1-3H3. The van der Waals surface area contributed by atoms with Crippen LogP contribution >= 0.6 is 0 Å². The zero-order valence-corrected chi connectivity index (χ0v) is 13.3. The Kier molecular flexibility index (Phi) is 4.52. The molecule has 0 radical (unpaired) electrons. The van der Waals surface area contributed by atoms with E-state index in [0.29, 0.717) is 11.4 Å². The molecule has 5 heteroatoms. The van der Waals surface area contributed by atoms with Crippen LogP contribution in [0.2, 0.25) is 0 Å². The number of nitrogens with one attached hydrogen (secondary N) is 2. The highest BCUT2D eigenvalue weighted by Crippen LogP contribution is 2.27. The third kappa shape index (κ3) is 3.81. The van der Waals surface area contributed by atoms with Gasteiger partial charge >= 0.3 is 0 Å². The Balaban J connectivity index is 2.11. The van der Waals surface area contributed by atoms with Crippen LogP contribution in [0.5, 0.6) is 0 Å². The highest BCUT2D eigenvalue weighted by molar-refractivity contribution is 7.89. The third-order valence-corrected chi connectivity index (χ3v) is 5.39. The van der Waals surface area contributed by atoms with Crippen LogP contribution in [-0.4, -0.2) is 28.1 Å². The fourth-order valence-electron chi connectivity index (χ4n) is 2.65. The maximum atomic E-state index is 12.4. The highest BCUT2D eigenvalue weighted by atomic mass is 32.2. The summed E-state index contributed by atoms with van der Waals surface area (Å²) in [4.78, 5) is 0.368. The molecule has 0 saturated carbocycles. The minimum Gasteiger partial charge on any atom is -0.317 e. The molecule has 1 heterocycles. The minimum absolute atomic E-state index is 0.0528. The molecule has 0 amide bonds.